The zero-order valence-electron chi connectivity index (χ0n) is 11.9. The molecule has 0 bridgehead atoms. The monoisotopic (exact) mass is 305 g/mol. The summed E-state index contributed by atoms with van der Waals surface area (Å²) in [5, 5.41) is 8.56. The molecule has 0 aliphatic heterocycles. The Balaban J connectivity index is 1.78. The Morgan fingerprint density at radius 1 is 1.00 bits per heavy atom. The van der Waals surface area contributed by atoms with E-state index in [4.69, 9.17) is 4.52 Å². The van der Waals surface area contributed by atoms with Crippen LogP contribution in [0.15, 0.2) is 60.0 Å². The van der Waals surface area contributed by atoms with Crippen molar-refractivity contribution in [1.82, 2.24) is 34.9 Å². The van der Waals surface area contributed by atoms with E-state index in [1.165, 1.54) is 6.26 Å². The summed E-state index contributed by atoms with van der Waals surface area (Å²) in [4.78, 5) is 16.8. The second-order valence-corrected chi connectivity index (χ2v) is 4.73. The van der Waals surface area contributed by atoms with Crippen molar-refractivity contribution >= 4 is 0 Å². The summed E-state index contributed by atoms with van der Waals surface area (Å²) < 4.78 is 6.72. The number of hydrogen-bond donors (Lipinski definition) is 0. The highest BCUT2D eigenvalue weighted by Gasteiger charge is 2.15. The van der Waals surface area contributed by atoms with Crippen LogP contribution in [0.4, 0.5) is 0 Å². The summed E-state index contributed by atoms with van der Waals surface area (Å²) in [6.07, 6.45) is 9.87. The second kappa shape index (κ2) is 5.76. The van der Waals surface area contributed by atoms with Crippen molar-refractivity contribution in [2.45, 2.75) is 6.54 Å². The molecule has 0 aliphatic carbocycles. The van der Waals surface area contributed by atoms with Crippen LogP contribution in [0.1, 0.15) is 5.69 Å². The Morgan fingerprint density at radius 3 is 2.65 bits per heavy atom. The van der Waals surface area contributed by atoms with E-state index in [2.05, 4.69) is 30.2 Å². The molecule has 8 nitrogen and oxygen atoms in total. The van der Waals surface area contributed by atoms with Crippen molar-refractivity contribution in [3.63, 3.8) is 0 Å². The van der Waals surface area contributed by atoms with Gasteiger partial charge in [-0.15, -0.1) is 0 Å². The summed E-state index contributed by atoms with van der Waals surface area (Å²) in [6, 6.07) is 5.42. The minimum atomic E-state index is 0.461. The molecular formula is C15H11N7O. The van der Waals surface area contributed by atoms with E-state index in [1.807, 2.05) is 6.07 Å². The van der Waals surface area contributed by atoms with Gasteiger partial charge in [0.15, 0.2) is 5.82 Å². The molecule has 0 N–H and O–H groups in total. The van der Waals surface area contributed by atoms with E-state index in [-0.39, 0.29) is 0 Å². The molecule has 4 aromatic rings. The normalized spacial score (nSPS) is 10.8. The van der Waals surface area contributed by atoms with Crippen molar-refractivity contribution in [1.29, 1.82) is 0 Å². The van der Waals surface area contributed by atoms with Crippen LogP contribution in [0, 0.1) is 0 Å². The van der Waals surface area contributed by atoms with Crippen LogP contribution < -0.4 is 0 Å². The van der Waals surface area contributed by atoms with E-state index in [1.54, 1.807) is 47.8 Å². The highest BCUT2D eigenvalue weighted by atomic mass is 16.5. The molecule has 0 atom stereocenters. The maximum Gasteiger partial charge on any atom is 0.180 e. The number of nitrogens with zero attached hydrogens (tertiary/aromatic N) is 7. The Labute approximate surface area is 130 Å². The summed E-state index contributed by atoms with van der Waals surface area (Å²) in [7, 11) is 0. The van der Waals surface area contributed by atoms with Crippen LogP contribution in [0.2, 0.25) is 0 Å². The minimum Gasteiger partial charge on any atom is -0.364 e. The molecule has 0 radical (unpaired) electrons. The third kappa shape index (κ3) is 2.69. The van der Waals surface area contributed by atoms with Crippen molar-refractivity contribution in [2.24, 2.45) is 0 Å². The maximum atomic E-state index is 4.94. The smallest absolute Gasteiger partial charge is 0.180 e. The number of rotatable bonds is 4. The fourth-order valence-corrected chi connectivity index (χ4v) is 2.19. The first-order valence-corrected chi connectivity index (χ1v) is 6.91. The van der Waals surface area contributed by atoms with Crippen LogP contribution in [0.5, 0.6) is 0 Å². The Bertz CT molecular complexity index is 888. The van der Waals surface area contributed by atoms with Gasteiger partial charge in [-0.25, -0.2) is 9.97 Å². The highest BCUT2D eigenvalue weighted by Crippen LogP contribution is 2.23. The van der Waals surface area contributed by atoms with Gasteiger partial charge >= 0.3 is 0 Å². The zero-order chi connectivity index (χ0) is 15.5. The highest BCUT2D eigenvalue weighted by molar-refractivity contribution is 5.62. The van der Waals surface area contributed by atoms with Crippen molar-refractivity contribution in [3.05, 3.63) is 61.1 Å². The lowest BCUT2D eigenvalue weighted by molar-refractivity contribution is 0.421. The van der Waals surface area contributed by atoms with Gasteiger partial charge in [0.2, 0.25) is 0 Å². The first-order chi connectivity index (χ1) is 11.4. The van der Waals surface area contributed by atoms with Gasteiger partial charge < -0.3 is 4.52 Å². The number of aromatic nitrogens is 7. The molecule has 0 saturated carbocycles. The van der Waals surface area contributed by atoms with Gasteiger partial charge in [-0.05, 0) is 12.1 Å². The van der Waals surface area contributed by atoms with Crippen LogP contribution in [0.25, 0.3) is 22.9 Å². The molecule has 4 aromatic heterocycles. The van der Waals surface area contributed by atoms with E-state index < -0.39 is 0 Å². The van der Waals surface area contributed by atoms with Gasteiger partial charge in [-0.2, -0.15) is 5.10 Å². The second-order valence-electron chi connectivity index (χ2n) is 4.73. The molecule has 0 fully saturated rings. The fourth-order valence-electron chi connectivity index (χ4n) is 2.19. The van der Waals surface area contributed by atoms with Crippen molar-refractivity contribution < 1.29 is 4.52 Å². The molecule has 23 heavy (non-hydrogen) atoms. The maximum absolute atomic E-state index is 4.94. The molecule has 0 saturated heterocycles. The van der Waals surface area contributed by atoms with Gasteiger partial charge in [0, 0.05) is 30.9 Å². The predicted octanol–water partition coefficient (Wildman–Crippen LogP) is 1.83. The average molecular weight is 305 g/mol. The summed E-state index contributed by atoms with van der Waals surface area (Å²) in [5.41, 5.74) is 2.93. The molecule has 0 amide bonds. The fraction of sp³-hybridized carbons (Fsp3) is 0.0667. The SMILES string of the molecule is c1cnc(-c2cc(-c3ccon3)n(Cc3cnccn3)n2)nc1. The lowest BCUT2D eigenvalue weighted by atomic mass is 10.2. The average Bonchev–Trinajstić information content (AvgIpc) is 3.26. The third-order valence-electron chi connectivity index (χ3n) is 3.20. The molecule has 0 aliphatic rings. The zero-order valence-corrected chi connectivity index (χ0v) is 11.9. The third-order valence-corrected chi connectivity index (χ3v) is 3.20. The summed E-state index contributed by atoms with van der Waals surface area (Å²) in [6.45, 7) is 0.461. The van der Waals surface area contributed by atoms with Crippen LogP contribution in [-0.2, 0) is 6.54 Å². The van der Waals surface area contributed by atoms with Crippen LogP contribution in [-0.4, -0.2) is 34.9 Å². The Morgan fingerprint density at radius 2 is 1.91 bits per heavy atom. The van der Waals surface area contributed by atoms with E-state index in [0.29, 0.717) is 23.8 Å². The lowest BCUT2D eigenvalue weighted by Crippen LogP contribution is -2.06. The molecule has 0 aromatic carbocycles. The quantitative estimate of drug-likeness (QED) is 0.567. The Kier molecular flexibility index (Phi) is 3.32. The van der Waals surface area contributed by atoms with Crippen molar-refractivity contribution in [2.75, 3.05) is 0 Å². The molecule has 0 unspecified atom stereocenters. The molecule has 0 spiro atoms. The molecule has 4 rings (SSSR count). The molecular weight excluding hydrogens is 294 g/mol. The first kappa shape index (κ1) is 13.3. The predicted molar refractivity (Wildman–Crippen MR) is 79.9 cm³/mol. The van der Waals surface area contributed by atoms with E-state index in [0.717, 1.165) is 11.4 Å². The van der Waals surface area contributed by atoms with E-state index in [9.17, 15) is 0 Å². The topological polar surface area (TPSA) is 95.4 Å². The minimum absolute atomic E-state index is 0.461. The molecule has 4 heterocycles. The molecule has 112 valence electrons. The van der Waals surface area contributed by atoms with Crippen LogP contribution in [0.3, 0.4) is 0 Å². The number of hydrogen-bond acceptors (Lipinski definition) is 7. The van der Waals surface area contributed by atoms with Crippen LogP contribution >= 0.6 is 0 Å². The summed E-state index contributed by atoms with van der Waals surface area (Å²) >= 11 is 0. The molecule has 8 heteroatoms. The largest absolute Gasteiger partial charge is 0.364 e. The van der Waals surface area contributed by atoms with E-state index >= 15 is 0 Å². The standard InChI is InChI=1S/C15H11N7O/c1-3-18-15(19-4-1)13-8-14(12-2-7-23-21-12)22(20-13)10-11-9-16-5-6-17-11/h1-9H,10H2. The Hall–Kier alpha value is -3.42. The van der Waals surface area contributed by atoms with Gasteiger partial charge in [-0.1, -0.05) is 5.16 Å². The lowest BCUT2D eigenvalue weighted by Gasteiger charge is -2.04. The van der Waals surface area contributed by atoms with Gasteiger partial charge in [0.05, 0.1) is 24.1 Å². The van der Waals surface area contributed by atoms with Gasteiger partial charge in [-0.3, -0.25) is 14.6 Å². The van der Waals surface area contributed by atoms with Crippen molar-refractivity contribution in [3.8, 4) is 22.9 Å². The summed E-state index contributed by atoms with van der Waals surface area (Å²) in [5.74, 6) is 0.551. The van der Waals surface area contributed by atoms with Gasteiger partial charge in [0.1, 0.15) is 17.7 Å². The van der Waals surface area contributed by atoms with Gasteiger partial charge in [0.25, 0.3) is 0 Å². The first-order valence-electron chi connectivity index (χ1n) is 6.91.